The molecule has 1 aromatic rings. The smallest absolute Gasteiger partial charge is 0.181 e. The molecule has 0 fully saturated rings. The predicted octanol–water partition coefficient (Wildman–Crippen LogP) is 2.67. The Kier molecular flexibility index (Phi) is 10.3. The molecule has 0 saturated heterocycles. The molecule has 0 saturated carbocycles. The number of aromatic nitrogens is 1. The number of pyridine rings is 1. The highest BCUT2D eigenvalue weighted by atomic mass is 32.2. The number of rotatable bonds is 7. The molecule has 0 aliphatic heterocycles. The van der Waals surface area contributed by atoms with Crippen molar-refractivity contribution in [2.24, 2.45) is 0 Å². The van der Waals surface area contributed by atoms with Crippen LogP contribution in [0, 0.1) is 0 Å². The van der Waals surface area contributed by atoms with Crippen LogP contribution in [0.4, 0.5) is 0 Å². The minimum atomic E-state index is -3.92. The summed E-state index contributed by atoms with van der Waals surface area (Å²) in [5.74, 6) is 0. The van der Waals surface area contributed by atoms with E-state index in [0.29, 0.717) is 6.26 Å². The standard InChI is InChI=1S/C14H24N.CH4O3S/c1-3-5-6-7-9-12-15-13-10-8-11-14(15)4-2;1-5(2,3)4/h8,10-11,13H,3-7,9,12H2,1-2H3;1H3,(H,2,3,4)/q+1;/p-1. The summed E-state index contributed by atoms with van der Waals surface area (Å²) in [6.45, 7) is 5.68. The van der Waals surface area contributed by atoms with Crippen LogP contribution in [-0.4, -0.2) is 19.2 Å². The molecule has 1 rings (SSSR count). The van der Waals surface area contributed by atoms with Crippen molar-refractivity contribution >= 4 is 10.1 Å². The highest BCUT2D eigenvalue weighted by Crippen LogP contribution is 2.02. The van der Waals surface area contributed by atoms with Crippen molar-refractivity contribution in [1.82, 2.24) is 0 Å². The van der Waals surface area contributed by atoms with Gasteiger partial charge in [-0.25, -0.2) is 13.0 Å². The van der Waals surface area contributed by atoms with Crippen LogP contribution in [0.3, 0.4) is 0 Å². The van der Waals surface area contributed by atoms with Crippen LogP contribution in [-0.2, 0) is 23.1 Å². The quantitative estimate of drug-likeness (QED) is 0.442. The molecule has 0 aliphatic carbocycles. The van der Waals surface area contributed by atoms with Gasteiger partial charge in [0.2, 0.25) is 0 Å². The molecule has 0 N–H and O–H groups in total. The molecule has 0 aliphatic rings. The van der Waals surface area contributed by atoms with Gasteiger partial charge in [-0.1, -0.05) is 39.2 Å². The van der Waals surface area contributed by atoms with Gasteiger partial charge in [-0.15, -0.1) is 0 Å². The van der Waals surface area contributed by atoms with Crippen molar-refractivity contribution in [3.63, 3.8) is 0 Å². The van der Waals surface area contributed by atoms with E-state index in [1.54, 1.807) is 0 Å². The van der Waals surface area contributed by atoms with Gasteiger partial charge >= 0.3 is 0 Å². The SMILES string of the molecule is CCCCCCC[n+]1ccccc1CC.CS(=O)(=O)[O-]. The molecule has 20 heavy (non-hydrogen) atoms. The van der Waals surface area contributed by atoms with Crippen LogP contribution >= 0.6 is 0 Å². The summed E-state index contributed by atoms with van der Waals surface area (Å²) in [5, 5.41) is 0. The van der Waals surface area contributed by atoms with Crippen LogP contribution < -0.4 is 4.57 Å². The molecule has 0 atom stereocenters. The van der Waals surface area contributed by atoms with Gasteiger partial charge in [0, 0.05) is 31.2 Å². The zero-order valence-corrected chi connectivity index (χ0v) is 13.7. The summed E-state index contributed by atoms with van der Waals surface area (Å²) >= 11 is 0. The monoisotopic (exact) mass is 301 g/mol. The van der Waals surface area contributed by atoms with Gasteiger partial charge in [0.25, 0.3) is 0 Å². The van der Waals surface area contributed by atoms with Crippen molar-refractivity contribution in [2.75, 3.05) is 6.26 Å². The second kappa shape index (κ2) is 10.8. The molecule has 5 heteroatoms. The second-order valence-electron chi connectivity index (χ2n) is 4.86. The van der Waals surface area contributed by atoms with Gasteiger partial charge in [-0.3, -0.25) is 0 Å². The third kappa shape index (κ3) is 12.1. The summed E-state index contributed by atoms with van der Waals surface area (Å²) in [7, 11) is -3.92. The van der Waals surface area contributed by atoms with Crippen LogP contribution in [0.15, 0.2) is 24.4 Å². The number of hydrogen-bond acceptors (Lipinski definition) is 3. The maximum absolute atomic E-state index is 9.08. The number of aryl methyl sites for hydroxylation is 2. The zero-order chi connectivity index (χ0) is 15.4. The Morgan fingerprint density at radius 1 is 1.10 bits per heavy atom. The molecule has 0 bridgehead atoms. The molecular weight excluding hydrogens is 274 g/mol. The minimum Gasteiger partial charge on any atom is -0.748 e. The Balaban J connectivity index is 0.000000621. The molecule has 0 spiro atoms. The van der Waals surface area contributed by atoms with E-state index in [2.05, 4.69) is 42.8 Å². The number of unbranched alkanes of at least 4 members (excludes halogenated alkanes) is 4. The Labute approximate surface area is 123 Å². The number of nitrogens with zero attached hydrogens (tertiary/aromatic N) is 1. The average molecular weight is 301 g/mol. The molecule has 116 valence electrons. The average Bonchev–Trinajstić information content (AvgIpc) is 2.37. The summed E-state index contributed by atoms with van der Waals surface area (Å²) in [6, 6.07) is 6.49. The fourth-order valence-electron chi connectivity index (χ4n) is 1.94. The molecule has 0 amide bonds. The van der Waals surface area contributed by atoms with E-state index in [-0.39, 0.29) is 0 Å². The Hall–Kier alpha value is -0.940. The maximum Gasteiger partial charge on any atom is 0.181 e. The second-order valence-corrected chi connectivity index (χ2v) is 6.27. The Morgan fingerprint density at radius 2 is 1.70 bits per heavy atom. The van der Waals surface area contributed by atoms with Crippen molar-refractivity contribution < 1.29 is 17.5 Å². The van der Waals surface area contributed by atoms with Gasteiger partial charge in [0.15, 0.2) is 11.9 Å². The lowest BCUT2D eigenvalue weighted by molar-refractivity contribution is -0.704. The highest BCUT2D eigenvalue weighted by molar-refractivity contribution is 7.84. The van der Waals surface area contributed by atoms with Gasteiger partial charge in [0.05, 0.1) is 10.1 Å². The van der Waals surface area contributed by atoms with Crippen LogP contribution in [0.1, 0.15) is 51.6 Å². The summed E-state index contributed by atoms with van der Waals surface area (Å²) < 4.78 is 29.6. The van der Waals surface area contributed by atoms with E-state index in [1.165, 1.54) is 44.3 Å². The van der Waals surface area contributed by atoms with Crippen molar-refractivity contribution in [3.05, 3.63) is 30.1 Å². The van der Waals surface area contributed by atoms with Gasteiger partial charge in [-0.2, -0.15) is 0 Å². The first kappa shape index (κ1) is 19.1. The lowest BCUT2D eigenvalue weighted by Gasteiger charge is -2.01. The normalized spacial score (nSPS) is 10.8. The third-order valence-electron chi connectivity index (χ3n) is 2.90. The largest absolute Gasteiger partial charge is 0.748 e. The summed E-state index contributed by atoms with van der Waals surface area (Å²) in [6.07, 6.45) is 10.8. The highest BCUT2D eigenvalue weighted by Gasteiger charge is 2.05. The van der Waals surface area contributed by atoms with Crippen molar-refractivity contribution in [3.8, 4) is 0 Å². The van der Waals surface area contributed by atoms with E-state index < -0.39 is 10.1 Å². The van der Waals surface area contributed by atoms with E-state index in [0.717, 1.165) is 6.42 Å². The Bertz CT molecular complexity index is 450. The molecule has 1 heterocycles. The maximum atomic E-state index is 9.08. The number of hydrogen-bond donors (Lipinski definition) is 0. The Morgan fingerprint density at radius 3 is 2.25 bits per heavy atom. The molecule has 0 unspecified atom stereocenters. The van der Waals surface area contributed by atoms with Crippen LogP contribution in [0.2, 0.25) is 0 Å². The lowest BCUT2D eigenvalue weighted by atomic mass is 10.1. The minimum absolute atomic E-state index is 0.604. The molecule has 1 aromatic heterocycles. The van der Waals surface area contributed by atoms with E-state index in [1.807, 2.05) is 0 Å². The lowest BCUT2D eigenvalue weighted by Crippen LogP contribution is -2.37. The van der Waals surface area contributed by atoms with Crippen LogP contribution in [0.25, 0.3) is 0 Å². The van der Waals surface area contributed by atoms with E-state index in [9.17, 15) is 0 Å². The van der Waals surface area contributed by atoms with E-state index in [4.69, 9.17) is 13.0 Å². The summed E-state index contributed by atoms with van der Waals surface area (Å²) in [5.41, 5.74) is 1.45. The van der Waals surface area contributed by atoms with E-state index >= 15 is 0 Å². The topological polar surface area (TPSA) is 61.1 Å². The first-order valence-electron chi connectivity index (χ1n) is 7.26. The van der Waals surface area contributed by atoms with Gasteiger partial charge in [-0.05, 0) is 6.42 Å². The van der Waals surface area contributed by atoms with Crippen molar-refractivity contribution in [1.29, 1.82) is 0 Å². The van der Waals surface area contributed by atoms with Crippen molar-refractivity contribution in [2.45, 2.75) is 58.9 Å². The van der Waals surface area contributed by atoms with Gasteiger partial charge < -0.3 is 4.55 Å². The van der Waals surface area contributed by atoms with Gasteiger partial charge in [0.1, 0.15) is 6.54 Å². The fraction of sp³-hybridized carbons (Fsp3) is 0.667. The van der Waals surface area contributed by atoms with Crippen LogP contribution in [0.5, 0.6) is 0 Å². The fourth-order valence-corrected chi connectivity index (χ4v) is 1.94. The predicted molar refractivity (Wildman–Crippen MR) is 80.4 cm³/mol. The zero-order valence-electron chi connectivity index (χ0n) is 12.8. The third-order valence-corrected chi connectivity index (χ3v) is 2.90. The molecule has 4 nitrogen and oxygen atoms in total. The first-order chi connectivity index (χ1) is 9.38. The summed E-state index contributed by atoms with van der Waals surface area (Å²) in [4.78, 5) is 0. The molecular formula is C15H27NO3S. The molecule has 0 radical (unpaired) electrons. The first-order valence-corrected chi connectivity index (χ1v) is 9.08. The molecule has 0 aromatic carbocycles.